The molecule has 0 saturated carbocycles. The number of hydrogen-bond donors (Lipinski definition) is 0. The first-order chi connectivity index (χ1) is 6.40. The molecule has 0 aliphatic rings. The quantitative estimate of drug-likeness (QED) is 0.701. The van der Waals surface area contributed by atoms with Gasteiger partial charge in [-0.1, -0.05) is 12.1 Å². The molecule has 65 valence electrons. The fourth-order valence-corrected chi connectivity index (χ4v) is 1.11. The molecule has 3 heteroatoms. The maximum Gasteiger partial charge on any atom is 0.225 e. The molecule has 0 fully saturated rings. The predicted molar refractivity (Wildman–Crippen MR) is 46.3 cm³/mol. The maximum atomic E-state index is 10.5. The zero-order valence-electron chi connectivity index (χ0n) is 6.93. The summed E-state index contributed by atoms with van der Waals surface area (Å²) in [6, 6.07) is 7.23. The van der Waals surface area contributed by atoms with Crippen molar-refractivity contribution in [2.24, 2.45) is 0 Å². The van der Waals surface area contributed by atoms with Gasteiger partial charge < -0.3 is 4.42 Å². The molecular formula is C10H8NO2. The van der Waals surface area contributed by atoms with Crippen LogP contribution in [-0.2, 0) is 11.7 Å². The lowest BCUT2D eigenvalue weighted by atomic mass is 10.1. The van der Waals surface area contributed by atoms with Crippen molar-refractivity contribution in [1.82, 2.24) is 4.98 Å². The van der Waals surface area contributed by atoms with E-state index < -0.39 is 0 Å². The van der Waals surface area contributed by atoms with Crippen LogP contribution in [0.3, 0.4) is 0 Å². The molecule has 0 saturated heterocycles. The number of oxazole rings is 1. The van der Waals surface area contributed by atoms with E-state index >= 15 is 0 Å². The van der Waals surface area contributed by atoms with Crippen LogP contribution in [0.1, 0.15) is 5.56 Å². The summed E-state index contributed by atoms with van der Waals surface area (Å²) in [5.74, 6) is 0.581. The van der Waals surface area contributed by atoms with E-state index in [1.54, 1.807) is 18.3 Å². The van der Waals surface area contributed by atoms with Crippen molar-refractivity contribution in [3.63, 3.8) is 0 Å². The van der Waals surface area contributed by atoms with Crippen molar-refractivity contribution in [3.05, 3.63) is 42.3 Å². The number of benzene rings is 1. The molecule has 1 aromatic heterocycles. The second-order valence-corrected chi connectivity index (χ2v) is 2.68. The molecule has 1 heterocycles. The summed E-state index contributed by atoms with van der Waals surface area (Å²) in [7, 11) is 0. The maximum absolute atomic E-state index is 10.5. The predicted octanol–water partition coefficient (Wildman–Crippen LogP) is 2.27. The Labute approximate surface area is 75.7 Å². The van der Waals surface area contributed by atoms with Crippen LogP contribution >= 0.6 is 0 Å². The molecule has 0 bridgehead atoms. The van der Waals surface area contributed by atoms with Crippen LogP contribution in [0, 0.1) is 0 Å². The van der Waals surface area contributed by atoms with E-state index in [2.05, 4.69) is 4.98 Å². The molecule has 3 nitrogen and oxygen atoms in total. The molecule has 0 unspecified atom stereocenters. The van der Waals surface area contributed by atoms with Gasteiger partial charge in [0.2, 0.25) is 5.89 Å². The van der Waals surface area contributed by atoms with Crippen LogP contribution in [0.4, 0.5) is 0 Å². The Morgan fingerprint density at radius 2 is 2.00 bits per heavy atom. The highest BCUT2D eigenvalue weighted by atomic mass is 16.3. The van der Waals surface area contributed by atoms with E-state index in [0.29, 0.717) is 5.89 Å². The fraction of sp³-hybridized carbons (Fsp3) is 0.100. The first kappa shape index (κ1) is 8.01. The van der Waals surface area contributed by atoms with Gasteiger partial charge in [-0.05, 0) is 17.7 Å². The van der Waals surface area contributed by atoms with Crippen molar-refractivity contribution in [2.45, 2.75) is 6.61 Å². The minimum atomic E-state index is -0.189. The summed E-state index contributed by atoms with van der Waals surface area (Å²) in [5.41, 5.74) is 1.66. The Morgan fingerprint density at radius 1 is 1.23 bits per heavy atom. The van der Waals surface area contributed by atoms with Gasteiger partial charge >= 0.3 is 0 Å². The highest BCUT2D eigenvalue weighted by Gasteiger charge is 2.00. The summed E-state index contributed by atoms with van der Waals surface area (Å²) >= 11 is 0. The van der Waals surface area contributed by atoms with Gasteiger partial charge in [0.05, 0.1) is 6.20 Å². The number of hydrogen-bond acceptors (Lipinski definition) is 2. The van der Waals surface area contributed by atoms with Crippen LogP contribution < -0.4 is 0 Å². The monoisotopic (exact) mass is 174 g/mol. The first-order valence-corrected chi connectivity index (χ1v) is 3.97. The summed E-state index contributed by atoms with van der Waals surface area (Å²) in [4.78, 5) is 4.00. The zero-order chi connectivity index (χ0) is 9.10. The normalized spacial score (nSPS) is 10.2. The summed E-state index contributed by atoms with van der Waals surface area (Å²) in [6.07, 6.45) is 3.12. The average molecular weight is 174 g/mol. The smallest absolute Gasteiger partial charge is 0.225 e. The molecule has 2 aromatic rings. The van der Waals surface area contributed by atoms with Crippen LogP contribution in [-0.4, -0.2) is 4.98 Å². The van der Waals surface area contributed by atoms with E-state index in [1.165, 1.54) is 6.26 Å². The highest BCUT2D eigenvalue weighted by Crippen LogP contribution is 2.17. The second kappa shape index (κ2) is 3.41. The van der Waals surface area contributed by atoms with Crippen LogP contribution in [0.2, 0.25) is 0 Å². The lowest BCUT2D eigenvalue weighted by Gasteiger charge is -1.96. The minimum absolute atomic E-state index is 0.189. The number of aromatic nitrogens is 1. The van der Waals surface area contributed by atoms with Crippen molar-refractivity contribution in [2.75, 3.05) is 0 Å². The zero-order valence-corrected chi connectivity index (χ0v) is 6.93. The Bertz CT molecular complexity index is 364. The minimum Gasteiger partial charge on any atom is -0.445 e. The van der Waals surface area contributed by atoms with E-state index in [-0.39, 0.29) is 6.61 Å². The molecule has 0 amide bonds. The van der Waals surface area contributed by atoms with Crippen LogP contribution in [0.15, 0.2) is 41.1 Å². The van der Waals surface area contributed by atoms with Gasteiger partial charge in [0.25, 0.3) is 0 Å². The van der Waals surface area contributed by atoms with Gasteiger partial charge in [-0.15, -0.1) is 0 Å². The molecule has 2 rings (SSSR count). The Balaban J connectivity index is 2.33. The molecule has 0 spiro atoms. The molecule has 1 aromatic carbocycles. The topological polar surface area (TPSA) is 45.9 Å². The average Bonchev–Trinajstić information content (AvgIpc) is 2.71. The van der Waals surface area contributed by atoms with Gasteiger partial charge in [0.15, 0.2) is 0 Å². The highest BCUT2D eigenvalue weighted by molar-refractivity contribution is 5.53. The summed E-state index contributed by atoms with van der Waals surface area (Å²) < 4.78 is 5.10. The molecule has 0 aliphatic carbocycles. The molecule has 0 N–H and O–H groups in total. The van der Waals surface area contributed by atoms with Crippen LogP contribution in [0.5, 0.6) is 0 Å². The SMILES string of the molecule is [O]Cc1ccc(-c2ncco2)cc1. The molecule has 0 aliphatic heterocycles. The van der Waals surface area contributed by atoms with Gasteiger partial charge in [0, 0.05) is 5.56 Å². The number of nitrogens with zero attached hydrogens (tertiary/aromatic N) is 1. The van der Waals surface area contributed by atoms with Gasteiger partial charge in [-0.2, -0.15) is 0 Å². The van der Waals surface area contributed by atoms with E-state index in [1.807, 2.05) is 12.1 Å². The van der Waals surface area contributed by atoms with E-state index in [4.69, 9.17) is 4.42 Å². The fourth-order valence-electron chi connectivity index (χ4n) is 1.11. The van der Waals surface area contributed by atoms with E-state index in [0.717, 1.165) is 11.1 Å². The second-order valence-electron chi connectivity index (χ2n) is 2.68. The van der Waals surface area contributed by atoms with Crippen molar-refractivity contribution >= 4 is 0 Å². The molecule has 1 radical (unpaired) electrons. The van der Waals surface area contributed by atoms with Gasteiger partial charge in [0.1, 0.15) is 12.9 Å². The van der Waals surface area contributed by atoms with Gasteiger partial charge in [-0.25, -0.2) is 10.1 Å². The standard InChI is InChI=1S/C10H8NO2/c12-7-8-1-3-9(4-2-8)10-11-5-6-13-10/h1-6H,7H2. The van der Waals surface area contributed by atoms with Crippen LogP contribution in [0.25, 0.3) is 11.5 Å². The van der Waals surface area contributed by atoms with Crippen molar-refractivity contribution < 1.29 is 9.52 Å². The van der Waals surface area contributed by atoms with Gasteiger partial charge in [-0.3, -0.25) is 0 Å². The first-order valence-electron chi connectivity index (χ1n) is 3.97. The summed E-state index contributed by atoms with van der Waals surface area (Å²) in [5, 5.41) is 10.5. The molecule has 0 atom stereocenters. The lowest BCUT2D eigenvalue weighted by molar-refractivity contribution is 0.177. The Hall–Kier alpha value is -1.61. The summed E-state index contributed by atoms with van der Waals surface area (Å²) in [6.45, 7) is -0.189. The third-order valence-corrected chi connectivity index (χ3v) is 1.80. The molecule has 13 heavy (non-hydrogen) atoms. The Morgan fingerprint density at radius 3 is 2.54 bits per heavy atom. The van der Waals surface area contributed by atoms with Crippen molar-refractivity contribution in [3.8, 4) is 11.5 Å². The molecular weight excluding hydrogens is 166 g/mol. The van der Waals surface area contributed by atoms with E-state index in [9.17, 15) is 5.11 Å². The number of rotatable bonds is 2. The largest absolute Gasteiger partial charge is 0.445 e. The Kier molecular flexibility index (Phi) is 2.10. The van der Waals surface area contributed by atoms with Crippen molar-refractivity contribution in [1.29, 1.82) is 0 Å². The third kappa shape index (κ3) is 1.60. The lowest BCUT2D eigenvalue weighted by Crippen LogP contribution is -1.81. The third-order valence-electron chi connectivity index (χ3n) is 1.80.